The highest BCUT2D eigenvalue weighted by Crippen LogP contribution is 2.28. The molecule has 0 unspecified atom stereocenters. The number of hydrogen-bond acceptors (Lipinski definition) is 2. The number of ether oxygens (including phenoxy) is 1. The molecule has 0 atom stereocenters. The average Bonchev–Trinajstić information content (AvgIpc) is 2.78. The van der Waals surface area contributed by atoms with E-state index in [4.69, 9.17) is 4.74 Å². The fourth-order valence-electron chi connectivity index (χ4n) is 2.97. The van der Waals surface area contributed by atoms with Crippen LogP contribution < -0.4 is 4.74 Å². The van der Waals surface area contributed by atoms with Gasteiger partial charge in [-0.3, -0.25) is 4.99 Å². The molecular weight excluding hydrogens is 342 g/mol. The van der Waals surface area contributed by atoms with Crippen molar-refractivity contribution >= 4 is 11.9 Å². The van der Waals surface area contributed by atoms with E-state index in [2.05, 4.69) is 47.5 Å². The lowest BCUT2D eigenvalue weighted by atomic mass is 10.0. The van der Waals surface area contributed by atoms with Gasteiger partial charge in [0.25, 0.3) is 0 Å². The molecular formula is C26H21NO. The Morgan fingerprint density at radius 3 is 2.00 bits per heavy atom. The third kappa shape index (κ3) is 4.54. The van der Waals surface area contributed by atoms with Crippen molar-refractivity contribution < 1.29 is 4.74 Å². The molecule has 0 saturated carbocycles. The molecule has 0 aliphatic rings. The summed E-state index contributed by atoms with van der Waals surface area (Å²) in [6, 6.07) is 36.7. The van der Waals surface area contributed by atoms with Crippen molar-refractivity contribution in [2.24, 2.45) is 4.99 Å². The van der Waals surface area contributed by atoms with Gasteiger partial charge in [0.2, 0.25) is 0 Å². The van der Waals surface area contributed by atoms with Gasteiger partial charge in [-0.1, -0.05) is 84.9 Å². The molecule has 0 heterocycles. The van der Waals surface area contributed by atoms with Gasteiger partial charge in [-0.2, -0.15) is 0 Å². The molecule has 0 aliphatic carbocycles. The minimum atomic E-state index is 0.519. The van der Waals surface area contributed by atoms with Gasteiger partial charge in [-0.05, 0) is 41.0 Å². The lowest BCUT2D eigenvalue weighted by molar-refractivity contribution is 0.306. The van der Waals surface area contributed by atoms with Crippen LogP contribution in [-0.2, 0) is 6.61 Å². The third-order valence-corrected chi connectivity index (χ3v) is 4.47. The van der Waals surface area contributed by atoms with E-state index in [-0.39, 0.29) is 0 Å². The van der Waals surface area contributed by atoms with Gasteiger partial charge in [0.1, 0.15) is 12.4 Å². The van der Waals surface area contributed by atoms with E-state index >= 15 is 0 Å². The summed E-state index contributed by atoms with van der Waals surface area (Å²) in [5.41, 5.74) is 5.31. The van der Waals surface area contributed by atoms with E-state index in [0.717, 1.165) is 28.1 Å². The summed E-state index contributed by atoms with van der Waals surface area (Å²) in [6.07, 6.45) is 1.87. The van der Waals surface area contributed by atoms with Crippen LogP contribution in [0.1, 0.15) is 11.1 Å². The zero-order valence-electron chi connectivity index (χ0n) is 15.5. The van der Waals surface area contributed by atoms with Crippen molar-refractivity contribution in [3.05, 3.63) is 120 Å². The van der Waals surface area contributed by atoms with Crippen LogP contribution in [-0.4, -0.2) is 6.21 Å². The molecule has 0 spiro atoms. The molecule has 4 aromatic rings. The molecule has 4 aromatic carbocycles. The summed E-state index contributed by atoms with van der Waals surface area (Å²) < 4.78 is 6.18. The molecule has 0 fully saturated rings. The van der Waals surface area contributed by atoms with Crippen LogP contribution >= 0.6 is 0 Å². The van der Waals surface area contributed by atoms with E-state index in [9.17, 15) is 0 Å². The summed E-state index contributed by atoms with van der Waals surface area (Å²) in [5, 5.41) is 0. The smallest absolute Gasteiger partial charge is 0.129 e. The van der Waals surface area contributed by atoms with Crippen LogP contribution in [0.2, 0.25) is 0 Å². The van der Waals surface area contributed by atoms with Gasteiger partial charge in [0.05, 0.1) is 5.69 Å². The number of nitrogens with zero attached hydrogens (tertiary/aromatic N) is 1. The van der Waals surface area contributed by atoms with E-state index in [1.807, 2.05) is 72.9 Å². The second-order valence-electron chi connectivity index (χ2n) is 6.49. The highest BCUT2D eigenvalue weighted by molar-refractivity contribution is 5.87. The summed E-state index contributed by atoms with van der Waals surface area (Å²) >= 11 is 0. The molecule has 4 rings (SSSR count). The fraction of sp³-hybridized carbons (Fsp3) is 0.0385. The lowest BCUT2D eigenvalue weighted by Crippen LogP contribution is -1.98. The first-order chi connectivity index (χ1) is 13.9. The van der Waals surface area contributed by atoms with Crippen LogP contribution in [0.5, 0.6) is 5.75 Å². The lowest BCUT2D eigenvalue weighted by Gasteiger charge is -2.12. The largest absolute Gasteiger partial charge is 0.488 e. The Morgan fingerprint density at radius 2 is 1.29 bits per heavy atom. The molecule has 28 heavy (non-hydrogen) atoms. The van der Waals surface area contributed by atoms with Gasteiger partial charge < -0.3 is 4.74 Å². The minimum Gasteiger partial charge on any atom is -0.488 e. The Morgan fingerprint density at radius 1 is 0.643 bits per heavy atom. The topological polar surface area (TPSA) is 21.6 Å². The highest BCUT2D eigenvalue weighted by atomic mass is 16.5. The first kappa shape index (κ1) is 17.7. The van der Waals surface area contributed by atoms with E-state index < -0.39 is 0 Å². The maximum atomic E-state index is 6.18. The minimum absolute atomic E-state index is 0.519. The molecule has 0 amide bonds. The Balaban J connectivity index is 1.64. The van der Waals surface area contributed by atoms with Crippen molar-refractivity contribution in [1.29, 1.82) is 0 Å². The summed E-state index contributed by atoms with van der Waals surface area (Å²) in [7, 11) is 0. The average molecular weight is 363 g/mol. The van der Waals surface area contributed by atoms with Crippen molar-refractivity contribution in [2.75, 3.05) is 0 Å². The highest BCUT2D eigenvalue weighted by Gasteiger charge is 2.06. The van der Waals surface area contributed by atoms with Gasteiger partial charge in [-0.15, -0.1) is 0 Å². The molecule has 0 bridgehead atoms. The van der Waals surface area contributed by atoms with Crippen LogP contribution in [0.25, 0.3) is 11.1 Å². The fourth-order valence-corrected chi connectivity index (χ4v) is 2.97. The Labute approximate surface area is 165 Å². The summed E-state index contributed by atoms with van der Waals surface area (Å²) in [4.78, 5) is 4.59. The molecule has 136 valence electrons. The Kier molecular flexibility index (Phi) is 5.60. The first-order valence-electron chi connectivity index (χ1n) is 9.34. The standard InChI is InChI=1S/C26H21NO/c1-4-10-21(11-5-1)20-28-26-18-23(22-12-6-2-7-13-22)16-17-24(26)19-27-25-14-8-3-9-15-25/h1-19H,20H2. The first-order valence-corrected chi connectivity index (χ1v) is 9.34. The Bertz CT molecular complexity index is 1040. The molecule has 2 heteroatoms. The monoisotopic (exact) mass is 363 g/mol. The summed E-state index contributed by atoms with van der Waals surface area (Å²) in [6.45, 7) is 0.519. The number of aliphatic imine (C=N–C) groups is 1. The SMILES string of the molecule is C(=Nc1ccccc1)c1ccc(-c2ccccc2)cc1OCc1ccccc1. The number of para-hydroxylation sites is 1. The van der Waals surface area contributed by atoms with Crippen LogP contribution in [0.3, 0.4) is 0 Å². The number of hydrogen-bond donors (Lipinski definition) is 0. The van der Waals surface area contributed by atoms with E-state index in [0.29, 0.717) is 6.61 Å². The molecule has 0 aromatic heterocycles. The van der Waals surface area contributed by atoms with Gasteiger partial charge in [0.15, 0.2) is 0 Å². The van der Waals surface area contributed by atoms with Crippen LogP contribution in [0.15, 0.2) is 114 Å². The zero-order valence-corrected chi connectivity index (χ0v) is 15.5. The second kappa shape index (κ2) is 8.83. The number of benzene rings is 4. The quantitative estimate of drug-likeness (QED) is 0.350. The maximum Gasteiger partial charge on any atom is 0.129 e. The predicted molar refractivity (Wildman–Crippen MR) is 116 cm³/mol. The normalized spacial score (nSPS) is 10.9. The van der Waals surface area contributed by atoms with Gasteiger partial charge in [-0.25, -0.2) is 0 Å². The molecule has 0 N–H and O–H groups in total. The van der Waals surface area contributed by atoms with Crippen molar-refractivity contribution in [3.63, 3.8) is 0 Å². The maximum absolute atomic E-state index is 6.18. The van der Waals surface area contributed by atoms with Crippen molar-refractivity contribution in [3.8, 4) is 16.9 Å². The molecule has 0 saturated heterocycles. The third-order valence-electron chi connectivity index (χ3n) is 4.47. The number of rotatable bonds is 6. The zero-order chi connectivity index (χ0) is 19.0. The predicted octanol–water partition coefficient (Wildman–Crippen LogP) is 6.68. The Hall–Kier alpha value is -3.65. The van der Waals surface area contributed by atoms with E-state index in [1.165, 1.54) is 5.56 Å². The second-order valence-corrected chi connectivity index (χ2v) is 6.49. The van der Waals surface area contributed by atoms with Crippen molar-refractivity contribution in [1.82, 2.24) is 0 Å². The van der Waals surface area contributed by atoms with Crippen LogP contribution in [0, 0.1) is 0 Å². The molecule has 0 radical (unpaired) electrons. The van der Waals surface area contributed by atoms with Crippen LogP contribution in [0.4, 0.5) is 5.69 Å². The van der Waals surface area contributed by atoms with Gasteiger partial charge in [0, 0.05) is 11.8 Å². The molecule has 2 nitrogen and oxygen atoms in total. The van der Waals surface area contributed by atoms with Crippen molar-refractivity contribution in [2.45, 2.75) is 6.61 Å². The molecule has 0 aliphatic heterocycles. The van der Waals surface area contributed by atoms with Gasteiger partial charge >= 0.3 is 0 Å². The summed E-state index contributed by atoms with van der Waals surface area (Å²) in [5.74, 6) is 0.824. The van der Waals surface area contributed by atoms with E-state index in [1.54, 1.807) is 0 Å².